The van der Waals surface area contributed by atoms with E-state index in [2.05, 4.69) is 4.90 Å². The van der Waals surface area contributed by atoms with Crippen molar-refractivity contribution >= 4 is 5.91 Å². The molecule has 1 aromatic carbocycles. The predicted molar refractivity (Wildman–Crippen MR) is 97.5 cm³/mol. The number of carbonyl (C=O) groups is 1. The third-order valence-corrected chi connectivity index (χ3v) is 5.04. The lowest BCUT2D eigenvalue weighted by Gasteiger charge is -2.31. The Kier molecular flexibility index (Phi) is 7.41. The van der Waals surface area contributed by atoms with Gasteiger partial charge in [-0.3, -0.25) is 9.69 Å². The minimum atomic E-state index is -0.222. The highest BCUT2D eigenvalue weighted by Gasteiger charge is 2.24. The first-order valence-corrected chi connectivity index (χ1v) is 9.64. The van der Waals surface area contributed by atoms with Gasteiger partial charge in [0.2, 0.25) is 5.91 Å². The molecule has 0 aromatic heterocycles. The molecule has 1 atom stereocenters. The first kappa shape index (κ1) is 19.3. The van der Waals surface area contributed by atoms with Gasteiger partial charge in [0.05, 0.1) is 19.3 Å². The molecule has 0 saturated carbocycles. The van der Waals surface area contributed by atoms with Gasteiger partial charge >= 0.3 is 0 Å². The number of amides is 1. The molecule has 5 nitrogen and oxygen atoms in total. The third kappa shape index (κ3) is 6.04. The fourth-order valence-electron chi connectivity index (χ4n) is 3.56. The number of aryl methyl sites for hydroxylation is 1. The second kappa shape index (κ2) is 10.00. The number of morpholine rings is 1. The molecule has 1 amide bonds. The number of nitrogens with zero attached hydrogens (tertiary/aromatic N) is 2. The molecule has 2 heterocycles. The van der Waals surface area contributed by atoms with Crippen LogP contribution in [0.15, 0.2) is 24.3 Å². The largest absolute Gasteiger partial charge is 0.379 e. The first-order valence-electron chi connectivity index (χ1n) is 9.64. The molecule has 2 aliphatic rings. The average Bonchev–Trinajstić information content (AvgIpc) is 2.90. The number of benzene rings is 1. The SMILES string of the molecule is O=C(CCCc1ccc(F)cc1)N1CCCO[C@@H](CN2CCOCC2)C1. The summed E-state index contributed by atoms with van der Waals surface area (Å²) in [4.78, 5) is 16.9. The fraction of sp³-hybridized carbons (Fsp3) is 0.650. The van der Waals surface area contributed by atoms with Crippen molar-refractivity contribution in [1.29, 1.82) is 0 Å². The van der Waals surface area contributed by atoms with Gasteiger partial charge in [0.15, 0.2) is 0 Å². The molecule has 1 aromatic rings. The Labute approximate surface area is 155 Å². The van der Waals surface area contributed by atoms with E-state index in [1.807, 2.05) is 4.90 Å². The summed E-state index contributed by atoms with van der Waals surface area (Å²) >= 11 is 0. The van der Waals surface area contributed by atoms with Crippen molar-refractivity contribution in [2.45, 2.75) is 31.8 Å². The van der Waals surface area contributed by atoms with E-state index >= 15 is 0 Å². The third-order valence-electron chi connectivity index (χ3n) is 5.04. The minimum Gasteiger partial charge on any atom is -0.379 e. The molecule has 144 valence electrons. The molecule has 0 spiro atoms. The van der Waals surface area contributed by atoms with E-state index in [-0.39, 0.29) is 17.8 Å². The second-order valence-electron chi connectivity index (χ2n) is 7.08. The first-order chi connectivity index (χ1) is 12.7. The molecule has 6 heteroatoms. The lowest BCUT2D eigenvalue weighted by Crippen LogP contribution is -2.45. The molecule has 0 unspecified atom stereocenters. The van der Waals surface area contributed by atoms with Crippen molar-refractivity contribution in [1.82, 2.24) is 9.80 Å². The molecule has 0 radical (unpaired) electrons. The molecular formula is C20H29FN2O3. The zero-order valence-electron chi connectivity index (χ0n) is 15.4. The van der Waals surface area contributed by atoms with Gasteiger partial charge in [0.1, 0.15) is 5.82 Å². The van der Waals surface area contributed by atoms with Crippen LogP contribution in [-0.4, -0.2) is 74.4 Å². The summed E-state index contributed by atoms with van der Waals surface area (Å²) in [5.41, 5.74) is 1.07. The van der Waals surface area contributed by atoms with Crippen molar-refractivity contribution in [3.63, 3.8) is 0 Å². The highest BCUT2D eigenvalue weighted by molar-refractivity contribution is 5.76. The summed E-state index contributed by atoms with van der Waals surface area (Å²) in [6, 6.07) is 6.52. The van der Waals surface area contributed by atoms with Crippen molar-refractivity contribution in [2.75, 3.05) is 52.5 Å². The minimum absolute atomic E-state index is 0.0802. The van der Waals surface area contributed by atoms with Crippen LogP contribution in [0.25, 0.3) is 0 Å². The zero-order chi connectivity index (χ0) is 18.2. The van der Waals surface area contributed by atoms with Crippen LogP contribution in [0.4, 0.5) is 4.39 Å². The lowest BCUT2D eigenvalue weighted by molar-refractivity contribution is -0.132. The van der Waals surface area contributed by atoms with Gasteiger partial charge in [-0.2, -0.15) is 0 Å². The van der Waals surface area contributed by atoms with E-state index in [4.69, 9.17) is 9.47 Å². The Bertz CT molecular complexity index is 561. The van der Waals surface area contributed by atoms with Gasteiger partial charge in [0.25, 0.3) is 0 Å². The van der Waals surface area contributed by atoms with Crippen molar-refractivity contribution < 1.29 is 18.7 Å². The number of hydrogen-bond donors (Lipinski definition) is 0. The Morgan fingerprint density at radius 1 is 1.12 bits per heavy atom. The quantitative estimate of drug-likeness (QED) is 0.775. The Balaban J connectivity index is 1.43. The number of halogens is 1. The second-order valence-corrected chi connectivity index (χ2v) is 7.08. The normalized spacial score (nSPS) is 22.2. The van der Waals surface area contributed by atoms with Crippen molar-refractivity contribution in [3.05, 3.63) is 35.6 Å². The van der Waals surface area contributed by atoms with Gasteiger partial charge < -0.3 is 14.4 Å². The Hall–Kier alpha value is -1.50. The molecule has 2 fully saturated rings. The maximum atomic E-state index is 12.9. The van der Waals surface area contributed by atoms with Crippen molar-refractivity contribution in [3.8, 4) is 0 Å². The Morgan fingerprint density at radius 2 is 1.88 bits per heavy atom. The molecular weight excluding hydrogens is 335 g/mol. The van der Waals surface area contributed by atoms with Crippen LogP contribution in [0.3, 0.4) is 0 Å². The molecule has 2 saturated heterocycles. The lowest BCUT2D eigenvalue weighted by atomic mass is 10.1. The fourth-order valence-corrected chi connectivity index (χ4v) is 3.56. The Morgan fingerprint density at radius 3 is 2.65 bits per heavy atom. The monoisotopic (exact) mass is 364 g/mol. The summed E-state index contributed by atoms with van der Waals surface area (Å²) < 4.78 is 24.3. The van der Waals surface area contributed by atoms with Crippen LogP contribution in [0.2, 0.25) is 0 Å². The summed E-state index contributed by atoms with van der Waals surface area (Å²) in [6.07, 6.45) is 3.09. The summed E-state index contributed by atoms with van der Waals surface area (Å²) in [6.45, 7) is 6.45. The molecule has 3 rings (SSSR count). The molecule has 2 aliphatic heterocycles. The molecule has 0 aliphatic carbocycles. The number of ether oxygens (including phenoxy) is 2. The molecule has 0 bridgehead atoms. The highest BCUT2D eigenvalue weighted by atomic mass is 19.1. The van der Waals surface area contributed by atoms with Gasteiger partial charge in [-0.25, -0.2) is 4.39 Å². The zero-order valence-corrected chi connectivity index (χ0v) is 15.4. The van der Waals surface area contributed by atoms with Crippen LogP contribution >= 0.6 is 0 Å². The van der Waals surface area contributed by atoms with Gasteiger partial charge in [-0.1, -0.05) is 12.1 Å². The summed E-state index contributed by atoms with van der Waals surface area (Å²) in [5, 5.41) is 0. The number of carbonyl (C=O) groups excluding carboxylic acids is 1. The van der Waals surface area contributed by atoms with Crippen LogP contribution in [0.1, 0.15) is 24.8 Å². The van der Waals surface area contributed by atoms with E-state index in [0.29, 0.717) is 19.6 Å². The van der Waals surface area contributed by atoms with Crippen LogP contribution < -0.4 is 0 Å². The maximum Gasteiger partial charge on any atom is 0.222 e. The van der Waals surface area contributed by atoms with Crippen LogP contribution in [0, 0.1) is 5.82 Å². The smallest absolute Gasteiger partial charge is 0.222 e. The molecule has 26 heavy (non-hydrogen) atoms. The maximum absolute atomic E-state index is 12.9. The van der Waals surface area contributed by atoms with E-state index in [1.165, 1.54) is 12.1 Å². The van der Waals surface area contributed by atoms with E-state index in [0.717, 1.165) is 64.2 Å². The predicted octanol–water partition coefficient (Wildman–Crippen LogP) is 2.10. The summed E-state index contributed by atoms with van der Waals surface area (Å²) in [7, 11) is 0. The highest BCUT2D eigenvalue weighted by Crippen LogP contribution is 2.13. The van der Waals surface area contributed by atoms with Gasteiger partial charge in [-0.05, 0) is 37.0 Å². The number of hydrogen-bond acceptors (Lipinski definition) is 4. The van der Waals surface area contributed by atoms with Gasteiger partial charge in [0, 0.05) is 45.8 Å². The average molecular weight is 364 g/mol. The summed E-state index contributed by atoms with van der Waals surface area (Å²) in [5.74, 6) is -0.0229. The van der Waals surface area contributed by atoms with Gasteiger partial charge in [-0.15, -0.1) is 0 Å². The van der Waals surface area contributed by atoms with E-state index < -0.39 is 0 Å². The van der Waals surface area contributed by atoms with Crippen LogP contribution in [-0.2, 0) is 20.7 Å². The topological polar surface area (TPSA) is 42.0 Å². The van der Waals surface area contributed by atoms with E-state index in [9.17, 15) is 9.18 Å². The standard InChI is InChI=1S/C20H29FN2O3/c21-18-7-5-17(6-8-18)3-1-4-20(24)23-9-2-12-26-19(16-23)15-22-10-13-25-14-11-22/h5-8,19H,1-4,9-16H2/t19-/m0/s1. The van der Waals surface area contributed by atoms with Crippen LogP contribution in [0.5, 0.6) is 0 Å². The van der Waals surface area contributed by atoms with E-state index in [1.54, 1.807) is 12.1 Å². The number of rotatable bonds is 6. The van der Waals surface area contributed by atoms with Crippen molar-refractivity contribution in [2.24, 2.45) is 0 Å². The molecule has 0 N–H and O–H groups in total.